The molecule has 2 rings (SSSR count). The number of hydrogen-bond acceptors (Lipinski definition) is 2. The molecule has 0 radical (unpaired) electrons. The Balaban J connectivity index is 2.51. The molecule has 2 heteroatoms. The smallest absolute Gasteiger partial charge is 0.0653 e. The van der Waals surface area contributed by atoms with Gasteiger partial charge in [-0.15, -0.1) is 0 Å². The van der Waals surface area contributed by atoms with E-state index in [0.717, 1.165) is 29.9 Å². The molecule has 1 heterocycles. The minimum absolute atomic E-state index is 0.694. The Kier molecular flexibility index (Phi) is 3.11. The van der Waals surface area contributed by atoms with Crippen molar-refractivity contribution in [3.8, 4) is 0 Å². The normalized spacial score (nSPS) is 15.7. The van der Waals surface area contributed by atoms with Gasteiger partial charge in [0.1, 0.15) is 0 Å². The SMILES string of the molecule is C=C(C)c1c(N)cccc1C1=CCOCC1. The Hall–Kier alpha value is -1.54. The summed E-state index contributed by atoms with van der Waals surface area (Å²) in [4.78, 5) is 0. The monoisotopic (exact) mass is 215 g/mol. The first kappa shape index (κ1) is 11.0. The van der Waals surface area contributed by atoms with Crippen LogP contribution in [0.5, 0.6) is 0 Å². The zero-order chi connectivity index (χ0) is 11.5. The number of rotatable bonds is 2. The third-order valence-electron chi connectivity index (χ3n) is 2.83. The van der Waals surface area contributed by atoms with Gasteiger partial charge in [0.15, 0.2) is 0 Å². The summed E-state index contributed by atoms with van der Waals surface area (Å²) in [6.45, 7) is 7.48. The number of hydrogen-bond donors (Lipinski definition) is 1. The van der Waals surface area contributed by atoms with Gasteiger partial charge in [-0.25, -0.2) is 0 Å². The Morgan fingerprint density at radius 3 is 2.88 bits per heavy atom. The highest BCUT2D eigenvalue weighted by Crippen LogP contribution is 2.31. The Morgan fingerprint density at radius 2 is 2.25 bits per heavy atom. The maximum Gasteiger partial charge on any atom is 0.0653 e. The van der Waals surface area contributed by atoms with E-state index in [2.05, 4.69) is 18.7 Å². The summed E-state index contributed by atoms with van der Waals surface area (Å²) in [5.41, 5.74) is 11.4. The van der Waals surface area contributed by atoms with Crippen molar-refractivity contribution in [1.82, 2.24) is 0 Å². The fourth-order valence-electron chi connectivity index (χ4n) is 2.09. The Labute approximate surface area is 96.4 Å². The average molecular weight is 215 g/mol. The molecule has 0 bridgehead atoms. The van der Waals surface area contributed by atoms with E-state index >= 15 is 0 Å². The molecular formula is C14H17NO. The third kappa shape index (κ3) is 2.02. The Morgan fingerprint density at radius 1 is 1.44 bits per heavy atom. The van der Waals surface area contributed by atoms with Crippen LogP contribution in [0.25, 0.3) is 11.1 Å². The van der Waals surface area contributed by atoms with E-state index < -0.39 is 0 Å². The number of allylic oxidation sites excluding steroid dienone is 1. The van der Waals surface area contributed by atoms with Crippen LogP contribution in [0.3, 0.4) is 0 Å². The standard InChI is InChI=1S/C14H17NO/c1-10(2)14-12(4-3-5-13(14)15)11-6-8-16-9-7-11/h3-6H,1,7-9,15H2,2H3. The summed E-state index contributed by atoms with van der Waals surface area (Å²) in [5, 5.41) is 0. The van der Waals surface area contributed by atoms with Gasteiger partial charge in [-0.05, 0) is 36.1 Å². The first-order chi connectivity index (χ1) is 7.70. The van der Waals surface area contributed by atoms with E-state index in [1.54, 1.807) is 0 Å². The van der Waals surface area contributed by atoms with Crippen molar-refractivity contribution in [3.05, 3.63) is 42.0 Å². The highest BCUT2D eigenvalue weighted by atomic mass is 16.5. The fourth-order valence-corrected chi connectivity index (χ4v) is 2.09. The van der Waals surface area contributed by atoms with Crippen molar-refractivity contribution in [2.45, 2.75) is 13.3 Å². The molecule has 0 saturated heterocycles. The predicted octanol–water partition coefficient (Wildman–Crippen LogP) is 3.11. The lowest BCUT2D eigenvalue weighted by Gasteiger charge is -2.18. The van der Waals surface area contributed by atoms with E-state index in [1.165, 1.54) is 11.1 Å². The van der Waals surface area contributed by atoms with E-state index in [1.807, 2.05) is 19.1 Å². The molecule has 0 saturated carbocycles. The van der Waals surface area contributed by atoms with Gasteiger partial charge in [-0.3, -0.25) is 0 Å². The lowest BCUT2D eigenvalue weighted by atomic mass is 9.92. The second-order valence-corrected chi connectivity index (χ2v) is 4.10. The predicted molar refractivity (Wildman–Crippen MR) is 69.0 cm³/mol. The highest BCUT2D eigenvalue weighted by Gasteiger charge is 2.12. The molecule has 16 heavy (non-hydrogen) atoms. The van der Waals surface area contributed by atoms with Crippen LogP contribution in [0.4, 0.5) is 5.69 Å². The molecule has 0 atom stereocenters. The van der Waals surface area contributed by atoms with Crippen LogP contribution in [0.2, 0.25) is 0 Å². The zero-order valence-electron chi connectivity index (χ0n) is 9.62. The van der Waals surface area contributed by atoms with Gasteiger partial charge in [-0.2, -0.15) is 0 Å². The van der Waals surface area contributed by atoms with Crippen LogP contribution in [0, 0.1) is 0 Å². The van der Waals surface area contributed by atoms with Crippen LogP contribution in [-0.2, 0) is 4.74 Å². The average Bonchev–Trinajstić information content (AvgIpc) is 2.29. The van der Waals surface area contributed by atoms with E-state index in [4.69, 9.17) is 10.5 Å². The second-order valence-electron chi connectivity index (χ2n) is 4.10. The summed E-state index contributed by atoms with van der Waals surface area (Å²) in [6, 6.07) is 6.03. The largest absolute Gasteiger partial charge is 0.398 e. The highest BCUT2D eigenvalue weighted by molar-refractivity contribution is 5.84. The van der Waals surface area contributed by atoms with Gasteiger partial charge in [-0.1, -0.05) is 24.8 Å². The maximum absolute atomic E-state index is 6.01. The number of anilines is 1. The van der Waals surface area contributed by atoms with Crippen molar-refractivity contribution < 1.29 is 4.74 Å². The minimum Gasteiger partial charge on any atom is -0.398 e. The van der Waals surface area contributed by atoms with Gasteiger partial charge in [0.25, 0.3) is 0 Å². The molecular weight excluding hydrogens is 198 g/mol. The number of nitrogen functional groups attached to an aromatic ring is 1. The molecule has 1 aromatic carbocycles. The van der Waals surface area contributed by atoms with Crippen molar-refractivity contribution in [1.29, 1.82) is 0 Å². The number of benzene rings is 1. The minimum atomic E-state index is 0.694. The number of nitrogens with two attached hydrogens (primary N) is 1. The molecule has 0 spiro atoms. The van der Waals surface area contributed by atoms with Gasteiger partial charge < -0.3 is 10.5 Å². The molecule has 1 aliphatic rings. The van der Waals surface area contributed by atoms with E-state index in [9.17, 15) is 0 Å². The quantitative estimate of drug-likeness (QED) is 0.769. The van der Waals surface area contributed by atoms with Gasteiger partial charge in [0.05, 0.1) is 13.2 Å². The lowest BCUT2D eigenvalue weighted by molar-refractivity contribution is 0.161. The van der Waals surface area contributed by atoms with Gasteiger partial charge in [0, 0.05) is 11.3 Å². The number of ether oxygens (including phenoxy) is 1. The van der Waals surface area contributed by atoms with Crippen molar-refractivity contribution in [3.63, 3.8) is 0 Å². The van der Waals surface area contributed by atoms with Crippen molar-refractivity contribution in [2.75, 3.05) is 18.9 Å². The molecule has 2 N–H and O–H groups in total. The Bertz CT molecular complexity index is 446. The van der Waals surface area contributed by atoms with E-state index in [0.29, 0.717) is 6.61 Å². The first-order valence-electron chi connectivity index (χ1n) is 5.51. The zero-order valence-corrected chi connectivity index (χ0v) is 9.62. The molecule has 2 nitrogen and oxygen atoms in total. The van der Waals surface area contributed by atoms with Crippen LogP contribution in [0.1, 0.15) is 24.5 Å². The second kappa shape index (κ2) is 4.54. The molecule has 0 amide bonds. The van der Waals surface area contributed by atoms with Crippen LogP contribution >= 0.6 is 0 Å². The summed E-state index contributed by atoms with van der Waals surface area (Å²) in [7, 11) is 0. The van der Waals surface area contributed by atoms with Crippen LogP contribution in [-0.4, -0.2) is 13.2 Å². The molecule has 0 unspecified atom stereocenters. The van der Waals surface area contributed by atoms with Gasteiger partial charge >= 0.3 is 0 Å². The molecule has 0 aromatic heterocycles. The molecule has 84 valence electrons. The lowest BCUT2D eigenvalue weighted by Crippen LogP contribution is -2.06. The maximum atomic E-state index is 6.01. The summed E-state index contributed by atoms with van der Waals surface area (Å²) >= 11 is 0. The third-order valence-corrected chi connectivity index (χ3v) is 2.83. The van der Waals surface area contributed by atoms with Gasteiger partial charge in [0.2, 0.25) is 0 Å². The van der Waals surface area contributed by atoms with Crippen LogP contribution < -0.4 is 5.73 Å². The summed E-state index contributed by atoms with van der Waals surface area (Å²) in [5.74, 6) is 0. The van der Waals surface area contributed by atoms with Crippen molar-refractivity contribution in [2.24, 2.45) is 0 Å². The molecule has 0 aliphatic carbocycles. The van der Waals surface area contributed by atoms with E-state index in [-0.39, 0.29) is 0 Å². The topological polar surface area (TPSA) is 35.2 Å². The molecule has 0 fully saturated rings. The first-order valence-corrected chi connectivity index (χ1v) is 5.51. The molecule has 1 aliphatic heterocycles. The summed E-state index contributed by atoms with van der Waals surface area (Å²) < 4.78 is 5.32. The summed E-state index contributed by atoms with van der Waals surface area (Å²) in [6.07, 6.45) is 3.08. The fraction of sp³-hybridized carbons (Fsp3) is 0.286. The van der Waals surface area contributed by atoms with Crippen LogP contribution in [0.15, 0.2) is 30.9 Å². The molecule has 1 aromatic rings. The van der Waals surface area contributed by atoms with Crippen molar-refractivity contribution >= 4 is 16.8 Å².